The van der Waals surface area contributed by atoms with Gasteiger partial charge in [-0.2, -0.15) is 0 Å². The summed E-state index contributed by atoms with van der Waals surface area (Å²) >= 11 is 11.9. The van der Waals surface area contributed by atoms with Crippen LogP contribution in [-0.2, 0) is 14.8 Å². The second-order valence-electron chi connectivity index (χ2n) is 6.55. The van der Waals surface area contributed by atoms with E-state index in [0.29, 0.717) is 15.7 Å². The summed E-state index contributed by atoms with van der Waals surface area (Å²) in [6.45, 7) is 5.47. The van der Waals surface area contributed by atoms with Crippen molar-refractivity contribution >= 4 is 44.8 Å². The number of sulfonamides is 1. The predicted octanol–water partition coefficient (Wildman–Crippen LogP) is 4.35. The van der Waals surface area contributed by atoms with Gasteiger partial charge in [0.2, 0.25) is 5.91 Å². The van der Waals surface area contributed by atoms with Crippen LogP contribution in [0.1, 0.15) is 20.8 Å². The third kappa shape index (κ3) is 5.61. The summed E-state index contributed by atoms with van der Waals surface area (Å²) in [7, 11) is -3.98. The van der Waals surface area contributed by atoms with E-state index in [2.05, 4.69) is 5.32 Å². The van der Waals surface area contributed by atoms with Crippen LogP contribution in [0, 0.1) is 5.92 Å². The number of hydrogen-bond acceptors (Lipinski definition) is 3. The standard InChI is InChI=1S/C19H22Cl2N2O3S/c1-13(2)14(3)22-19(24)12-23(17-6-4-5-16(21)11-17)27(25,26)18-9-7-15(20)8-10-18/h4-11,13-14H,12H2,1-3H3,(H,22,24). The van der Waals surface area contributed by atoms with Crippen molar-refractivity contribution in [2.24, 2.45) is 5.92 Å². The first-order valence-corrected chi connectivity index (χ1v) is 10.6. The molecule has 0 aliphatic carbocycles. The van der Waals surface area contributed by atoms with Gasteiger partial charge in [-0.05, 0) is 55.3 Å². The molecule has 1 atom stereocenters. The predicted molar refractivity (Wildman–Crippen MR) is 110 cm³/mol. The highest BCUT2D eigenvalue weighted by Gasteiger charge is 2.28. The Balaban J connectivity index is 2.41. The third-order valence-corrected chi connectivity index (χ3v) is 6.45. The van der Waals surface area contributed by atoms with Gasteiger partial charge < -0.3 is 5.32 Å². The number of nitrogens with one attached hydrogen (secondary N) is 1. The highest BCUT2D eigenvalue weighted by molar-refractivity contribution is 7.92. The van der Waals surface area contributed by atoms with Crippen molar-refractivity contribution in [1.29, 1.82) is 0 Å². The maximum absolute atomic E-state index is 13.2. The van der Waals surface area contributed by atoms with Crippen molar-refractivity contribution in [3.63, 3.8) is 0 Å². The molecule has 0 saturated heterocycles. The molecule has 1 unspecified atom stereocenters. The minimum Gasteiger partial charge on any atom is -0.352 e. The average molecular weight is 429 g/mol. The zero-order valence-corrected chi connectivity index (χ0v) is 17.6. The van der Waals surface area contributed by atoms with E-state index in [9.17, 15) is 13.2 Å². The molecular formula is C19H22Cl2N2O3S. The average Bonchev–Trinajstić information content (AvgIpc) is 2.59. The van der Waals surface area contributed by atoms with Crippen LogP contribution < -0.4 is 9.62 Å². The first kappa shape index (κ1) is 21.5. The molecule has 2 aromatic carbocycles. The lowest BCUT2D eigenvalue weighted by molar-refractivity contribution is -0.120. The number of carbonyl (C=O) groups excluding carboxylic acids is 1. The van der Waals surface area contributed by atoms with E-state index >= 15 is 0 Å². The third-order valence-electron chi connectivity index (χ3n) is 4.17. The van der Waals surface area contributed by atoms with Gasteiger partial charge in [0.25, 0.3) is 10.0 Å². The molecule has 0 aliphatic heterocycles. The zero-order chi connectivity index (χ0) is 20.2. The lowest BCUT2D eigenvalue weighted by Crippen LogP contribution is -2.45. The van der Waals surface area contributed by atoms with Crippen molar-refractivity contribution in [3.8, 4) is 0 Å². The summed E-state index contributed by atoms with van der Waals surface area (Å²) in [6, 6.07) is 12.1. The highest BCUT2D eigenvalue weighted by Crippen LogP contribution is 2.26. The Morgan fingerprint density at radius 3 is 2.22 bits per heavy atom. The largest absolute Gasteiger partial charge is 0.352 e. The van der Waals surface area contributed by atoms with E-state index < -0.39 is 15.9 Å². The zero-order valence-electron chi connectivity index (χ0n) is 15.3. The van der Waals surface area contributed by atoms with Crippen molar-refractivity contribution in [3.05, 3.63) is 58.6 Å². The van der Waals surface area contributed by atoms with Gasteiger partial charge in [-0.15, -0.1) is 0 Å². The molecule has 0 radical (unpaired) electrons. The molecule has 0 fully saturated rings. The molecule has 146 valence electrons. The van der Waals surface area contributed by atoms with Crippen LogP contribution in [-0.4, -0.2) is 26.9 Å². The lowest BCUT2D eigenvalue weighted by Gasteiger charge is -2.26. The van der Waals surface area contributed by atoms with Gasteiger partial charge in [-0.25, -0.2) is 8.42 Å². The lowest BCUT2D eigenvalue weighted by atomic mass is 10.1. The molecule has 2 rings (SSSR count). The molecule has 8 heteroatoms. The number of hydrogen-bond donors (Lipinski definition) is 1. The molecule has 0 spiro atoms. The second-order valence-corrected chi connectivity index (χ2v) is 9.28. The Morgan fingerprint density at radius 2 is 1.67 bits per heavy atom. The summed E-state index contributed by atoms with van der Waals surface area (Å²) < 4.78 is 27.4. The van der Waals surface area contributed by atoms with E-state index in [1.165, 1.54) is 30.3 Å². The Morgan fingerprint density at radius 1 is 1.04 bits per heavy atom. The summed E-state index contributed by atoms with van der Waals surface area (Å²) in [6.07, 6.45) is 0. The van der Waals surface area contributed by atoms with Crippen LogP contribution in [0.4, 0.5) is 5.69 Å². The molecular weight excluding hydrogens is 407 g/mol. The Kier molecular flexibility index (Phi) is 7.14. The Bertz CT molecular complexity index is 899. The SMILES string of the molecule is CC(C)C(C)NC(=O)CN(c1cccc(Cl)c1)S(=O)(=O)c1ccc(Cl)cc1. The van der Waals surface area contributed by atoms with Crippen LogP contribution in [0.25, 0.3) is 0 Å². The van der Waals surface area contributed by atoms with Crippen molar-refractivity contribution in [1.82, 2.24) is 5.32 Å². The summed E-state index contributed by atoms with van der Waals surface area (Å²) in [5, 5.41) is 3.63. The van der Waals surface area contributed by atoms with E-state index in [-0.39, 0.29) is 23.4 Å². The van der Waals surface area contributed by atoms with Crippen LogP contribution in [0.5, 0.6) is 0 Å². The molecule has 0 aliphatic rings. The Labute approximate surface area is 170 Å². The number of carbonyl (C=O) groups is 1. The summed E-state index contributed by atoms with van der Waals surface area (Å²) in [4.78, 5) is 12.5. The molecule has 1 N–H and O–H groups in total. The van der Waals surface area contributed by atoms with Crippen LogP contribution in [0.2, 0.25) is 10.0 Å². The molecule has 0 aromatic heterocycles. The minimum absolute atomic E-state index is 0.0385. The number of rotatable bonds is 7. The Hall–Kier alpha value is -1.76. The number of nitrogens with zero attached hydrogens (tertiary/aromatic N) is 1. The quantitative estimate of drug-likeness (QED) is 0.712. The minimum atomic E-state index is -3.98. The number of anilines is 1. The molecule has 0 heterocycles. The van der Waals surface area contributed by atoms with E-state index in [0.717, 1.165) is 4.31 Å². The van der Waals surface area contributed by atoms with Gasteiger partial charge in [0, 0.05) is 16.1 Å². The number of benzene rings is 2. The molecule has 27 heavy (non-hydrogen) atoms. The van der Waals surface area contributed by atoms with Crippen molar-refractivity contribution in [2.45, 2.75) is 31.7 Å². The van der Waals surface area contributed by atoms with E-state index in [1.807, 2.05) is 20.8 Å². The number of amides is 1. The molecule has 0 saturated carbocycles. The van der Waals surface area contributed by atoms with Crippen LogP contribution in [0.3, 0.4) is 0 Å². The summed E-state index contributed by atoms with van der Waals surface area (Å²) in [5.41, 5.74) is 0.310. The first-order valence-electron chi connectivity index (χ1n) is 8.44. The van der Waals surface area contributed by atoms with Gasteiger partial charge in [0.15, 0.2) is 0 Å². The first-order chi connectivity index (χ1) is 12.6. The van der Waals surface area contributed by atoms with Crippen LogP contribution >= 0.6 is 23.2 Å². The van der Waals surface area contributed by atoms with Crippen LogP contribution in [0.15, 0.2) is 53.4 Å². The summed E-state index contributed by atoms with van der Waals surface area (Å²) in [5.74, 6) is -0.171. The fourth-order valence-corrected chi connectivity index (χ4v) is 4.00. The topological polar surface area (TPSA) is 66.5 Å². The molecule has 2 aromatic rings. The normalized spacial score (nSPS) is 12.7. The van der Waals surface area contributed by atoms with Gasteiger partial charge in [-0.3, -0.25) is 9.10 Å². The monoisotopic (exact) mass is 428 g/mol. The molecule has 5 nitrogen and oxygen atoms in total. The van der Waals surface area contributed by atoms with E-state index in [4.69, 9.17) is 23.2 Å². The molecule has 1 amide bonds. The fraction of sp³-hybridized carbons (Fsp3) is 0.316. The number of halogens is 2. The smallest absolute Gasteiger partial charge is 0.264 e. The maximum Gasteiger partial charge on any atom is 0.264 e. The maximum atomic E-state index is 13.2. The van der Waals surface area contributed by atoms with Gasteiger partial charge in [0.05, 0.1) is 10.6 Å². The van der Waals surface area contributed by atoms with E-state index in [1.54, 1.807) is 18.2 Å². The van der Waals surface area contributed by atoms with Gasteiger partial charge in [-0.1, -0.05) is 43.1 Å². The molecule has 0 bridgehead atoms. The second kappa shape index (κ2) is 8.95. The fourth-order valence-electron chi connectivity index (χ4n) is 2.28. The van der Waals surface area contributed by atoms with Crippen molar-refractivity contribution < 1.29 is 13.2 Å². The highest BCUT2D eigenvalue weighted by atomic mass is 35.5. The van der Waals surface area contributed by atoms with Gasteiger partial charge in [0.1, 0.15) is 6.54 Å². The van der Waals surface area contributed by atoms with Gasteiger partial charge >= 0.3 is 0 Å². The van der Waals surface area contributed by atoms with Crippen molar-refractivity contribution in [2.75, 3.05) is 10.8 Å².